The summed E-state index contributed by atoms with van der Waals surface area (Å²) in [4.78, 5) is 23.0. The Kier molecular flexibility index (Phi) is 5.14. The molecule has 0 atom stereocenters. The molecule has 0 saturated carbocycles. The Bertz CT molecular complexity index is 866. The van der Waals surface area contributed by atoms with Gasteiger partial charge >= 0.3 is 10.5 Å². The number of amides is 2. The van der Waals surface area contributed by atoms with Crippen LogP contribution in [-0.2, 0) is 15.3 Å². The van der Waals surface area contributed by atoms with Crippen LogP contribution in [0.4, 0.5) is 15.3 Å². The minimum atomic E-state index is -5.16. The van der Waals surface area contributed by atoms with Gasteiger partial charge in [0.1, 0.15) is 5.75 Å². The van der Waals surface area contributed by atoms with Gasteiger partial charge in [0, 0.05) is 23.9 Å². The molecule has 2 aromatic rings. The molecule has 24 heavy (non-hydrogen) atoms. The highest BCUT2D eigenvalue weighted by Crippen LogP contribution is 2.18. The van der Waals surface area contributed by atoms with Gasteiger partial charge in [0.25, 0.3) is 5.91 Å². The maximum absolute atomic E-state index is 12.5. The molecule has 126 valence electrons. The molecule has 9 heteroatoms. The van der Waals surface area contributed by atoms with E-state index >= 15 is 0 Å². The molecule has 0 unspecified atom stereocenters. The van der Waals surface area contributed by atoms with Crippen molar-refractivity contribution >= 4 is 33.7 Å². The summed E-state index contributed by atoms with van der Waals surface area (Å²) in [6.07, 6.45) is 0. The molecule has 2 N–H and O–H groups in total. The summed E-state index contributed by atoms with van der Waals surface area (Å²) in [5, 5.41) is 5.16. The van der Waals surface area contributed by atoms with Gasteiger partial charge in [0.05, 0.1) is 0 Å². The first-order chi connectivity index (χ1) is 11.2. The number of carbonyl (C=O) groups excluding carboxylic acids is 2. The number of rotatable bonds is 5. The van der Waals surface area contributed by atoms with E-state index in [4.69, 9.17) is 0 Å². The lowest BCUT2D eigenvalue weighted by molar-refractivity contribution is -0.114. The van der Waals surface area contributed by atoms with E-state index in [1.807, 2.05) is 0 Å². The van der Waals surface area contributed by atoms with Crippen LogP contribution in [0, 0.1) is 0 Å². The number of nitrogens with one attached hydrogen (secondary N) is 2. The van der Waals surface area contributed by atoms with Crippen molar-refractivity contribution in [2.45, 2.75) is 6.92 Å². The van der Waals surface area contributed by atoms with E-state index in [0.29, 0.717) is 11.4 Å². The Morgan fingerprint density at radius 3 is 2.12 bits per heavy atom. The van der Waals surface area contributed by atoms with Crippen molar-refractivity contribution in [3.8, 4) is 5.75 Å². The molecule has 2 amide bonds. The van der Waals surface area contributed by atoms with Gasteiger partial charge in [0.2, 0.25) is 5.91 Å². The molecular weight excluding hydrogens is 339 g/mol. The first-order valence-corrected chi connectivity index (χ1v) is 7.97. The Morgan fingerprint density at radius 1 is 1.00 bits per heavy atom. The molecule has 0 aliphatic heterocycles. The molecule has 0 heterocycles. The highest BCUT2D eigenvalue weighted by molar-refractivity contribution is 7.81. The van der Waals surface area contributed by atoms with Crippen molar-refractivity contribution in [2.24, 2.45) is 0 Å². The summed E-state index contributed by atoms with van der Waals surface area (Å²) in [5.74, 6) is -1.07. The van der Waals surface area contributed by atoms with Crippen LogP contribution in [0.1, 0.15) is 17.3 Å². The van der Waals surface area contributed by atoms with Crippen molar-refractivity contribution in [3.63, 3.8) is 0 Å². The standard InChI is InChI=1S/C15H13FN2O5S/c1-10(19)17-12-5-7-13(8-6-12)18-15(20)11-3-2-4-14(9-11)23-24(16,21)22/h2-9H,1H3,(H,17,19)(H,18,20). The lowest BCUT2D eigenvalue weighted by Crippen LogP contribution is -2.12. The Morgan fingerprint density at radius 2 is 1.58 bits per heavy atom. The highest BCUT2D eigenvalue weighted by Gasteiger charge is 2.12. The van der Waals surface area contributed by atoms with E-state index in [9.17, 15) is 21.9 Å². The third kappa shape index (κ3) is 5.36. The lowest BCUT2D eigenvalue weighted by atomic mass is 10.2. The van der Waals surface area contributed by atoms with Crippen molar-refractivity contribution < 1.29 is 26.1 Å². The molecule has 7 nitrogen and oxygen atoms in total. The van der Waals surface area contributed by atoms with Gasteiger partial charge in [-0.25, -0.2) is 0 Å². The van der Waals surface area contributed by atoms with Gasteiger partial charge in [-0.2, -0.15) is 8.42 Å². The van der Waals surface area contributed by atoms with E-state index in [-0.39, 0.29) is 17.2 Å². The molecule has 0 spiro atoms. The number of hydrogen-bond acceptors (Lipinski definition) is 5. The fraction of sp³-hybridized carbons (Fsp3) is 0.0667. The number of carbonyl (C=O) groups is 2. The zero-order valence-electron chi connectivity index (χ0n) is 12.4. The molecule has 0 aromatic heterocycles. The number of anilines is 2. The second kappa shape index (κ2) is 7.09. The second-order valence-electron chi connectivity index (χ2n) is 4.72. The van der Waals surface area contributed by atoms with Crippen molar-refractivity contribution in [1.29, 1.82) is 0 Å². The molecule has 0 saturated heterocycles. The third-order valence-electron chi connectivity index (χ3n) is 2.76. The largest absolute Gasteiger partial charge is 0.488 e. The lowest BCUT2D eigenvalue weighted by Gasteiger charge is -2.08. The van der Waals surface area contributed by atoms with E-state index in [1.54, 1.807) is 24.3 Å². The van der Waals surface area contributed by atoms with Gasteiger partial charge in [-0.05, 0) is 42.5 Å². The summed E-state index contributed by atoms with van der Waals surface area (Å²) < 4.78 is 37.5. The Balaban J connectivity index is 2.09. The molecule has 0 radical (unpaired) electrons. The van der Waals surface area contributed by atoms with Gasteiger partial charge in [-0.1, -0.05) is 9.95 Å². The smallest absolute Gasteiger partial charge is 0.358 e. The predicted octanol–water partition coefficient (Wildman–Crippen LogP) is 2.49. The number of hydrogen-bond donors (Lipinski definition) is 2. The van der Waals surface area contributed by atoms with Crippen LogP contribution < -0.4 is 14.8 Å². The minimum Gasteiger partial charge on any atom is -0.358 e. The third-order valence-corrected chi connectivity index (χ3v) is 3.15. The first-order valence-electron chi connectivity index (χ1n) is 6.66. The zero-order valence-corrected chi connectivity index (χ0v) is 13.3. The fourth-order valence-corrected chi connectivity index (χ4v) is 2.18. The summed E-state index contributed by atoms with van der Waals surface area (Å²) >= 11 is 0. The Labute approximate surface area is 137 Å². The number of benzene rings is 2. The van der Waals surface area contributed by atoms with E-state index in [2.05, 4.69) is 14.8 Å². The summed E-state index contributed by atoms with van der Waals surface area (Å²) in [6.45, 7) is 1.38. The van der Waals surface area contributed by atoms with Crippen LogP contribution in [0.5, 0.6) is 5.75 Å². The van der Waals surface area contributed by atoms with Crippen LogP contribution >= 0.6 is 0 Å². The molecule has 2 rings (SSSR count). The predicted molar refractivity (Wildman–Crippen MR) is 85.8 cm³/mol. The summed E-state index contributed by atoms with van der Waals surface area (Å²) in [7, 11) is -5.16. The average molecular weight is 352 g/mol. The molecule has 0 aliphatic carbocycles. The average Bonchev–Trinajstić information content (AvgIpc) is 2.47. The first kappa shape index (κ1) is 17.4. The maximum atomic E-state index is 12.5. The highest BCUT2D eigenvalue weighted by atomic mass is 32.3. The van der Waals surface area contributed by atoms with E-state index < -0.39 is 16.4 Å². The quantitative estimate of drug-likeness (QED) is 0.805. The molecule has 0 fully saturated rings. The van der Waals surface area contributed by atoms with Crippen LogP contribution in [-0.4, -0.2) is 20.2 Å². The second-order valence-corrected chi connectivity index (χ2v) is 5.67. The van der Waals surface area contributed by atoms with Crippen LogP contribution in [0.2, 0.25) is 0 Å². The van der Waals surface area contributed by atoms with E-state index in [0.717, 1.165) is 6.07 Å². The summed E-state index contributed by atoms with van der Waals surface area (Å²) in [6, 6.07) is 11.4. The fourth-order valence-electron chi connectivity index (χ4n) is 1.85. The topological polar surface area (TPSA) is 102 Å². The van der Waals surface area contributed by atoms with Crippen molar-refractivity contribution in [2.75, 3.05) is 10.6 Å². The summed E-state index contributed by atoms with van der Waals surface area (Å²) in [5.41, 5.74) is 1.12. The Hall–Kier alpha value is -2.94. The SMILES string of the molecule is CC(=O)Nc1ccc(NC(=O)c2cccc(OS(=O)(=O)F)c2)cc1. The molecule has 2 aromatic carbocycles. The number of halogens is 1. The zero-order chi connectivity index (χ0) is 17.7. The molecule has 0 aliphatic rings. The van der Waals surface area contributed by atoms with Crippen LogP contribution in [0.3, 0.4) is 0 Å². The van der Waals surface area contributed by atoms with Gasteiger partial charge in [-0.3, -0.25) is 9.59 Å². The van der Waals surface area contributed by atoms with Crippen molar-refractivity contribution in [1.82, 2.24) is 0 Å². The monoisotopic (exact) mass is 352 g/mol. The van der Waals surface area contributed by atoms with Gasteiger partial charge in [-0.15, -0.1) is 0 Å². The minimum absolute atomic E-state index is 0.0853. The molecule has 0 bridgehead atoms. The van der Waals surface area contributed by atoms with Gasteiger partial charge < -0.3 is 14.8 Å². The maximum Gasteiger partial charge on any atom is 0.488 e. The van der Waals surface area contributed by atoms with Crippen LogP contribution in [0.25, 0.3) is 0 Å². The van der Waals surface area contributed by atoms with Gasteiger partial charge in [0.15, 0.2) is 0 Å². The normalized spacial score (nSPS) is 10.8. The van der Waals surface area contributed by atoms with Crippen molar-refractivity contribution in [3.05, 3.63) is 54.1 Å². The van der Waals surface area contributed by atoms with Crippen LogP contribution in [0.15, 0.2) is 48.5 Å². The van der Waals surface area contributed by atoms with E-state index in [1.165, 1.54) is 25.1 Å². The molecular formula is C15H13FN2O5S.